The summed E-state index contributed by atoms with van der Waals surface area (Å²) < 4.78 is 2.85. The maximum atomic E-state index is 5.77. The lowest BCUT2D eigenvalue weighted by Crippen LogP contribution is -2.04. The highest BCUT2D eigenvalue weighted by molar-refractivity contribution is 9.10. The van der Waals surface area contributed by atoms with Crippen LogP contribution in [0.2, 0.25) is 0 Å². The van der Waals surface area contributed by atoms with Crippen molar-refractivity contribution in [3.05, 3.63) is 39.5 Å². The summed E-state index contributed by atoms with van der Waals surface area (Å²) in [4.78, 5) is 0. The van der Waals surface area contributed by atoms with Gasteiger partial charge in [0.2, 0.25) is 0 Å². The zero-order chi connectivity index (χ0) is 14.2. The van der Waals surface area contributed by atoms with Gasteiger partial charge in [0.1, 0.15) is 5.69 Å². The molecule has 0 unspecified atom stereocenters. The Bertz CT molecular complexity index is 600. The van der Waals surface area contributed by atoms with Gasteiger partial charge in [-0.25, -0.2) is 0 Å². The summed E-state index contributed by atoms with van der Waals surface area (Å²) in [7, 11) is 1.93. The van der Waals surface area contributed by atoms with Crippen LogP contribution in [0.15, 0.2) is 22.7 Å². The molecule has 2 N–H and O–H groups in total. The molecule has 0 atom stereocenters. The third-order valence-electron chi connectivity index (χ3n) is 3.48. The van der Waals surface area contributed by atoms with Crippen LogP contribution < -0.4 is 5.73 Å². The fraction of sp³-hybridized carbons (Fsp3) is 0.400. The van der Waals surface area contributed by atoms with Gasteiger partial charge in [-0.15, -0.1) is 0 Å². The zero-order valence-corrected chi connectivity index (χ0v) is 13.5. The largest absolute Gasteiger partial charge is 0.325 e. The molecule has 0 radical (unpaired) electrons. The monoisotopic (exact) mass is 321 g/mol. The molecule has 3 nitrogen and oxygen atoms in total. The van der Waals surface area contributed by atoms with Gasteiger partial charge in [-0.3, -0.25) is 4.68 Å². The minimum Gasteiger partial charge on any atom is -0.325 e. The minimum absolute atomic E-state index is 0.479. The number of hydrogen-bond donors (Lipinski definition) is 1. The normalized spacial score (nSPS) is 11.3. The molecule has 2 aromatic rings. The van der Waals surface area contributed by atoms with E-state index in [0.29, 0.717) is 12.5 Å². The van der Waals surface area contributed by atoms with Crippen LogP contribution in [0.5, 0.6) is 0 Å². The van der Waals surface area contributed by atoms with Crippen molar-refractivity contribution in [3.8, 4) is 11.3 Å². The van der Waals surface area contributed by atoms with Crippen LogP contribution in [0.25, 0.3) is 11.3 Å². The van der Waals surface area contributed by atoms with Crippen LogP contribution in [-0.4, -0.2) is 9.78 Å². The molecular formula is C15H20BrN3. The Kier molecular flexibility index (Phi) is 4.11. The smallest absolute Gasteiger partial charge is 0.107 e. The number of hydrogen-bond acceptors (Lipinski definition) is 2. The lowest BCUT2D eigenvalue weighted by molar-refractivity contribution is 0.712. The minimum atomic E-state index is 0.479. The van der Waals surface area contributed by atoms with Crippen molar-refractivity contribution in [2.24, 2.45) is 12.8 Å². The molecule has 0 fully saturated rings. The molecule has 0 amide bonds. The molecule has 102 valence electrons. The number of aryl methyl sites for hydroxylation is 2. The lowest BCUT2D eigenvalue weighted by Gasteiger charge is -2.10. The quantitative estimate of drug-likeness (QED) is 0.935. The fourth-order valence-electron chi connectivity index (χ4n) is 2.18. The number of nitrogens with zero attached hydrogens (tertiary/aromatic N) is 2. The molecule has 4 heteroatoms. The number of aromatic nitrogens is 2. The Hall–Kier alpha value is -1.13. The second kappa shape index (κ2) is 5.47. The van der Waals surface area contributed by atoms with Crippen molar-refractivity contribution >= 4 is 15.9 Å². The Labute approximate surface area is 122 Å². The molecule has 0 aliphatic rings. The van der Waals surface area contributed by atoms with E-state index >= 15 is 0 Å². The average Bonchev–Trinajstić information content (AvgIpc) is 2.64. The van der Waals surface area contributed by atoms with Crippen molar-refractivity contribution in [2.75, 3.05) is 0 Å². The SMILES string of the molecule is Cc1ccc(C(C)C)cc1-c1nn(C)c(CN)c1Br. The predicted octanol–water partition coefficient (Wildman–Crippen LogP) is 3.74. The van der Waals surface area contributed by atoms with Gasteiger partial charge in [-0.1, -0.05) is 26.0 Å². The Morgan fingerprint density at radius 1 is 1.37 bits per heavy atom. The summed E-state index contributed by atoms with van der Waals surface area (Å²) in [6.07, 6.45) is 0. The summed E-state index contributed by atoms with van der Waals surface area (Å²) in [6, 6.07) is 6.57. The third-order valence-corrected chi connectivity index (χ3v) is 4.31. The molecule has 0 bridgehead atoms. The van der Waals surface area contributed by atoms with Gasteiger partial charge in [0.05, 0.1) is 10.2 Å². The standard InChI is InChI=1S/C15H20BrN3/c1-9(2)11-6-5-10(3)12(7-11)15-14(16)13(8-17)19(4)18-15/h5-7,9H,8,17H2,1-4H3. The molecular weight excluding hydrogens is 302 g/mol. The Balaban J connectivity index is 2.61. The van der Waals surface area contributed by atoms with Gasteiger partial charge in [0, 0.05) is 19.2 Å². The second-order valence-corrected chi connectivity index (χ2v) is 5.96. The first-order valence-electron chi connectivity index (χ1n) is 6.48. The van der Waals surface area contributed by atoms with Crippen LogP contribution in [0, 0.1) is 6.92 Å². The number of nitrogens with two attached hydrogens (primary N) is 1. The zero-order valence-electron chi connectivity index (χ0n) is 11.9. The van der Waals surface area contributed by atoms with E-state index in [1.54, 1.807) is 0 Å². The molecule has 0 aliphatic heterocycles. The van der Waals surface area contributed by atoms with E-state index in [1.165, 1.54) is 16.7 Å². The van der Waals surface area contributed by atoms with Gasteiger partial charge in [0.25, 0.3) is 0 Å². The maximum absolute atomic E-state index is 5.77. The van der Waals surface area contributed by atoms with Gasteiger partial charge in [0.15, 0.2) is 0 Å². The highest BCUT2D eigenvalue weighted by Gasteiger charge is 2.16. The highest BCUT2D eigenvalue weighted by Crippen LogP contribution is 2.33. The molecule has 0 saturated heterocycles. The van der Waals surface area contributed by atoms with Gasteiger partial charge >= 0.3 is 0 Å². The lowest BCUT2D eigenvalue weighted by atomic mass is 9.96. The molecule has 1 heterocycles. The third kappa shape index (κ3) is 2.60. The van der Waals surface area contributed by atoms with Crippen LogP contribution in [0.3, 0.4) is 0 Å². The van der Waals surface area contributed by atoms with Gasteiger partial charge in [-0.2, -0.15) is 5.10 Å². The van der Waals surface area contributed by atoms with Gasteiger partial charge in [-0.05, 0) is 46.0 Å². The summed E-state index contributed by atoms with van der Waals surface area (Å²) in [5, 5.41) is 4.60. The summed E-state index contributed by atoms with van der Waals surface area (Å²) >= 11 is 3.63. The highest BCUT2D eigenvalue weighted by atomic mass is 79.9. The van der Waals surface area contributed by atoms with E-state index in [4.69, 9.17) is 5.73 Å². The maximum Gasteiger partial charge on any atom is 0.107 e. The number of benzene rings is 1. The molecule has 0 saturated carbocycles. The van der Waals surface area contributed by atoms with Crippen molar-refractivity contribution in [1.82, 2.24) is 9.78 Å². The summed E-state index contributed by atoms with van der Waals surface area (Å²) in [6.45, 7) is 7.00. The first-order valence-corrected chi connectivity index (χ1v) is 7.27. The molecule has 1 aromatic carbocycles. The van der Waals surface area contributed by atoms with Crippen molar-refractivity contribution in [3.63, 3.8) is 0 Å². The molecule has 0 aliphatic carbocycles. The Morgan fingerprint density at radius 3 is 2.58 bits per heavy atom. The molecule has 2 rings (SSSR count). The van der Waals surface area contributed by atoms with E-state index in [-0.39, 0.29) is 0 Å². The first kappa shape index (κ1) is 14.3. The first-order chi connectivity index (χ1) is 8.95. The van der Waals surface area contributed by atoms with Crippen molar-refractivity contribution in [1.29, 1.82) is 0 Å². The van der Waals surface area contributed by atoms with Crippen LogP contribution in [0.4, 0.5) is 0 Å². The predicted molar refractivity (Wildman–Crippen MR) is 83.1 cm³/mol. The summed E-state index contributed by atoms with van der Waals surface area (Å²) in [5.41, 5.74) is 11.5. The fourth-order valence-corrected chi connectivity index (χ4v) is 2.89. The van der Waals surface area contributed by atoms with Crippen molar-refractivity contribution < 1.29 is 0 Å². The topological polar surface area (TPSA) is 43.8 Å². The van der Waals surface area contributed by atoms with Crippen LogP contribution in [0.1, 0.15) is 36.6 Å². The van der Waals surface area contributed by atoms with E-state index in [0.717, 1.165) is 15.9 Å². The molecule has 0 spiro atoms. The van der Waals surface area contributed by atoms with Crippen molar-refractivity contribution in [2.45, 2.75) is 33.2 Å². The van der Waals surface area contributed by atoms with Crippen LogP contribution >= 0.6 is 15.9 Å². The average molecular weight is 322 g/mol. The number of halogens is 1. The molecule has 19 heavy (non-hydrogen) atoms. The van der Waals surface area contributed by atoms with Crippen LogP contribution in [-0.2, 0) is 13.6 Å². The Morgan fingerprint density at radius 2 is 2.05 bits per heavy atom. The van der Waals surface area contributed by atoms with E-state index in [2.05, 4.69) is 60.0 Å². The van der Waals surface area contributed by atoms with E-state index < -0.39 is 0 Å². The second-order valence-electron chi connectivity index (χ2n) is 5.17. The number of rotatable bonds is 3. The van der Waals surface area contributed by atoms with E-state index in [9.17, 15) is 0 Å². The van der Waals surface area contributed by atoms with E-state index in [1.807, 2.05) is 11.7 Å². The van der Waals surface area contributed by atoms with Gasteiger partial charge < -0.3 is 5.73 Å². The molecule has 1 aromatic heterocycles. The summed E-state index contributed by atoms with van der Waals surface area (Å²) in [5.74, 6) is 0.510.